The van der Waals surface area contributed by atoms with Gasteiger partial charge in [-0.3, -0.25) is 0 Å². The van der Waals surface area contributed by atoms with Crippen molar-refractivity contribution in [2.45, 2.75) is 64.6 Å². The maximum absolute atomic E-state index is 6.10. The third-order valence-electron chi connectivity index (χ3n) is 4.36. The summed E-state index contributed by atoms with van der Waals surface area (Å²) in [5, 5.41) is 3.67. The van der Waals surface area contributed by atoms with Gasteiger partial charge in [-0.2, -0.15) is 0 Å². The summed E-state index contributed by atoms with van der Waals surface area (Å²) in [6.45, 7) is 6.93. The SMILES string of the molecule is CCCNC(c1ccc2c(c1)COC2)C1CCC(C)O1. The van der Waals surface area contributed by atoms with Crippen molar-refractivity contribution in [2.24, 2.45) is 0 Å². The normalized spacial score (nSPS) is 26.7. The van der Waals surface area contributed by atoms with Crippen molar-refractivity contribution in [2.75, 3.05) is 6.54 Å². The molecule has 0 radical (unpaired) electrons. The van der Waals surface area contributed by atoms with Gasteiger partial charge in [0, 0.05) is 0 Å². The summed E-state index contributed by atoms with van der Waals surface area (Å²) in [4.78, 5) is 0. The molecule has 3 unspecified atom stereocenters. The van der Waals surface area contributed by atoms with Gasteiger partial charge in [-0.15, -0.1) is 0 Å². The molecule has 0 saturated carbocycles. The Morgan fingerprint density at radius 3 is 2.85 bits per heavy atom. The first kappa shape index (κ1) is 14.1. The van der Waals surface area contributed by atoms with Gasteiger partial charge in [0.1, 0.15) is 0 Å². The third kappa shape index (κ3) is 2.90. The highest BCUT2D eigenvalue weighted by molar-refractivity contribution is 5.35. The zero-order valence-electron chi connectivity index (χ0n) is 12.5. The molecule has 1 aromatic carbocycles. The van der Waals surface area contributed by atoms with Crippen LogP contribution in [0.5, 0.6) is 0 Å². The maximum Gasteiger partial charge on any atom is 0.0774 e. The molecule has 20 heavy (non-hydrogen) atoms. The molecular formula is C17H25NO2. The summed E-state index contributed by atoms with van der Waals surface area (Å²) in [7, 11) is 0. The van der Waals surface area contributed by atoms with Gasteiger partial charge < -0.3 is 14.8 Å². The lowest BCUT2D eigenvalue weighted by Crippen LogP contribution is -2.32. The molecule has 3 heteroatoms. The Labute approximate surface area is 121 Å². The van der Waals surface area contributed by atoms with E-state index >= 15 is 0 Å². The van der Waals surface area contributed by atoms with Crippen LogP contribution in [0.3, 0.4) is 0 Å². The summed E-state index contributed by atoms with van der Waals surface area (Å²) in [6, 6.07) is 7.08. The van der Waals surface area contributed by atoms with Crippen molar-refractivity contribution in [3.63, 3.8) is 0 Å². The molecule has 110 valence electrons. The number of benzene rings is 1. The molecule has 0 aliphatic carbocycles. The highest BCUT2D eigenvalue weighted by Gasteiger charge is 2.30. The number of nitrogens with one attached hydrogen (secondary N) is 1. The van der Waals surface area contributed by atoms with Crippen LogP contribution in [-0.2, 0) is 22.7 Å². The van der Waals surface area contributed by atoms with Crippen LogP contribution in [0.4, 0.5) is 0 Å². The minimum Gasteiger partial charge on any atom is -0.373 e. The van der Waals surface area contributed by atoms with E-state index < -0.39 is 0 Å². The summed E-state index contributed by atoms with van der Waals surface area (Å²) in [6.07, 6.45) is 4.16. The standard InChI is InChI=1S/C17H25NO2/c1-3-8-18-17(16-7-4-12(2)20-16)13-5-6-14-10-19-11-15(14)9-13/h5-6,9,12,16-18H,3-4,7-8,10-11H2,1-2H3. The van der Waals surface area contributed by atoms with Crippen molar-refractivity contribution in [1.29, 1.82) is 0 Å². The van der Waals surface area contributed by atoms with Crippen LogP contribution in [0, 0.1) is 0 Å². The van der Waals surface area contributed by atoms with E-state index in [1.54, 1.807) is 0 Å². The molecule has 1 fully saturated rings. The average Bonchev–Trinajstić information content (AvgIpc) is 3.07. The molecule has 2 heterocycles. The van der Waals surface area contributed by atoms with Gasteiger partial charge in [-0.05, 0) is 49.4 Å². The maximum atomic E-state index is 6.10. The Bertz CT molecular complexity index is 460. The van der Waals surface area contributed by atoms with Gasteiger partial charge in [0.15, 0.2) is 0 Å². The van der Waals surface area contributed by atoms with Crippen LogP contribution < -0.4 is 5.32 Å². The first-order valence-electron chi connectivity index (χ1n) is 7.86. The van der Waals surface area contributed by atoms with E-state index in [2.05, 4.69) is 37.4 Å². The minimum atomic E-state index is 0.303. The van der Waals surface area contributed by atoms with E-state index in [-0.39, 0.29) is 0 Å². The van der Waals surface area contributed by atoms with Crippen molar-refractivity contribution < 1.29 is 9.47 Å². The van der Waals surface area contributed by atoms with E-state index in [1.807, 2.05) is 0 Å². The Hall–Kier alpha value is -0.900. The van der Waals surface area contributed by atoms with E-state index in [4.69, 9.17) is 9.47 Å². The largest absolute Gasteiger partial charge is 0.373 e. The molecule has 3 atom stereocenters. The van der Waals surface area contributed by atoms with Gasteiger partial charge >= 0.3 is 0 Å². The first-order chi connectivity index (χ1) is 9.78. The van der Waals surface area contributed by atoms with Crippen LogP contribution in [0.25, 0.3) is 0 Å². The Morgan fingerprint density at radius 2 is 2.10 bits per heavy atom. The zero-order chi connectivity index (χ0) is 13.9. The first-order valence-corrected chi connectivity index (χ1v) is 7.86. The Morgan fingerprint density at radius 1 is 1.25 bits per heavy atom. The molecule has 0 bridgehead atoms. The molecule has 0 spiro atoms. The van der Waals surface area contributed by atoms with Gasteiger partial charge in [0.25, 0.3) is 0 Å². The fourth-order valence-corrected chi connectivity index (χ4v) is 3.23. The van der Waals surface area contributed by atoms with Crippen LogP contribution in [0.1, 0.15) is 55.8 Å². The Balaban J connectivity index is 1.80. The van der Waals surface area contributed by atoms with E-state index in [0.29, 0.717) is 18.2 Å². The van der Waals surface area contributed by atoms with E-state index in [9.17, 15) is 0 Å². The number of rotatable bonds is 5. The lowest BCUT2D eigenvalue weighted by atomic mass is 9.96. The topological polar surface area (TPSA) is 30.5 Å². The summed E-state index contributed by atoms with van der Waals surface area (Å²) < 4.78 is 11.6. The number of hydrogen-bond acceptors (Lipinski definition) is 3. The fraction of sp³-hybridized carbons (Fsp3) is 0.647. The lowest BCUT2D eigenvalue weighted by molar-refractivity contribution is 0.0316. The number of fused-ring (bicyclic) bond motifs is 1. The molecule has 3 nitrogen and oxygen atoms in total. The molecule has 1 aromatic rings. The molecule has 1 saturated heterocycles. The highest BCUT2D eigenvalue weighted by atomic mass is 16.5. The molecule has 2 aliphatic rings. The van der Waals surface area contributed by atoms with Crippen molar-refractivity contribution in [3.8, 4) is 0 Å². The summed E-state index contributed by atoms with van der Waals surface area (Å²) >= 11 is 0. The van der Waals surface area contributed by atoms with Crippen LogP contribution in [0.15, 0.2) is 18.2 Å². The third-order valence-corrected chi connectivity index (χ3v) is 4.36. The molecule has 3 rings (SSSR count). The van der Waals surface area contributed by atoms with Gasteiger partial charge in [-0.25, -0.2) is 0 Å². The second-order valence-corrected chi connectivity index (χ2v) is 6.02. The number of ether oxygens (including phenoxy) is 2. The summed E-state index contributed by atoms with van der Waals surface area (Å²) in [5.41, 5.74) is 4.03. The smallest absolute Gasteiger partial charge is 0.0774 e. The van der Waals surface area contributed by atoms with E-state index in [1.165, 1.54) is 23.1 Å². The quantitative estimate of drug-likeness (QED) is 0.894. The van der Waals surface area contributed by atoms with Crippen LogP contribution in [-0.4, -0.2) is 18.8 Å². The van der Waals surface area contributed by atoms with Gasteiger partial charge in [0.05, 0.1) is 31.5 Å². The number of hydrogen-bond donors (Lipinski definition) is 1. The predicted octanol–water partition coefficient (Wildman–Crippen LogP) is 3.33. The van der Waals surface area contributed by atoms with Crippen LogP contribution >= 0.6 is 0 Å². The average molecular weight is 275 g/mol. The Kier molecular flexibility index (Phi) is 4.39. The second-order valence-electron chi connectivity index (χ2n) is 6.02. The highest BCUT2D eigenvalue weighted by Crippen LogP contribution is 2.32. The van der Waals surface area contributed by atoms with Crippen LogP contribution in [0.2, 0.25) is 0 Å². The van der Waals surface area contributed by atoms with Crippen molar-refractivity contribution in [3.05, 3.63) is 34.9 Å². The molecule has 0 amide bonds. The van der Waals surface area contributed by atoms with E-state index in [0.717, 1.165) is 32.6 Å². The van der Waals surface area contributed by atoms with Crippen molar-refractivity contribution in [1.82, 2.24) is 5.32 Å². The second kappa shape index (κ2) is 6.25. The zero-order valence-corrected chi connectivity index (χ0v) is 12.5. The predicted molar refractivity (Wildman–Crippen MR) is 79.5 cm³/mol. The minimum absolute atomic E-state index is 0.303. The fourth-order valence-electron chi connectivity index (χ4n) is 3.23. The molecular weight excluding hydrogens is 250 g/mol. The monoisotopic (exact) mass is 275 g/mol. The molecule has 0 aromatic heterocycles. The molecule has 1 N–H and O–H groups in total. The summed E-state index contributed by atoms with van der Waals surface area (Å²) in [5.74, 6) is 0. The van der Waals surface area contributed by atoms with Crippen molar-refractivity contribution >= 4 is 0 Å². The van der Waals surface area contributed by atoms with Gasteiger partial charge in [0.2, 0.25) is 0 Å². The molecule has 2 aliphatic heterocycles. The lowest BCUT2D eigenvalue weighted by Gasteiger charge is -2.26. The van der Waals surface area contributed by atoms with Gasteiger partial charge in [-0.1, -0.05) is 25.1 Å².